The van der Waals surface area contributed by atoms with Gasteiger partial charge in [0.25, 0.3) is 0 Å². The van der Waals surface area contributed by atoms with Crippen molar-refractivity contribution in [2.24, 2.45) is 5.73 Å². The lowest BCUT2D eigenvalue weighted by atomic mass is 10.6. The standard InChI is InChI=1S/C9H17N5O3/c1-15-8-12-7(13-9(14-8)16-2)11-4-6-17-5-3-10/h3-6,10H2,1-2H3,(H,11,12,13,14). The van der Waals surface area contributed by atoms with Crippen LogP contribution in [0.3, 0.4) is 0 Å². The number of hydrogen-bond donors (Lipinski definition) is 2. The van der Waals surface area contributed by atoms with E-state index in [0.717, 1.165) is 0 Å². The molecule has 0 aliphatic carbocycles. The molecule has 0 aliphatic rings. The lowest BCUT2D eigenvalue weighted by Crippen LogP contribution is -2.16. The molecule has 0 aromatic carbocycles. The minimum atomic E-state index is 0.197. The Bertz CT molecular complexity index is 314. The fourth-order valence-corrected chi connectivity index (χ4v) is 1.02. The molecule has 0 spiro atoms. The molecule has 8 heteroatoms. The van der Waals surface area contributed by atoms with Gasteiger partial charge in [-0.3, -0.25) is 0 Å². The third-order valence-corrected chi connectivity index (χ3v) is 1.75. The number of nitrogens with zero attached hydrogens (tertiary/aromatic N) is 3. The average Bonchev–Trinajstić information content (AvgIpc) is 2.38. The second-order valence-corrected chi connectivity index (χ2v) is 2.96. The molecule has 17 heavy (non-hydrogen) atoms. The highest BCUT2D eigenvalue weighted by Crippen LogP contribution is 2.11. The number of ether oxygens (including phenoxy) is 3. The Balaban J connectivity index is 2.46. The zero-order valence-corrected chi connectivity index (χ0v) is 9.97. The van der Waals surface area contributed by atoms with E-state index in [4.69, 9.17) is 19.9 Å². The summed E-state index contributed by atoms with van der Waals surface area (Å²) in [7, 11) is 2.95. The SMILES string of the molecule is COc1nc(NCCOCCN)nc(OC)n1. The topological polar surface area (TPSA) is 104 Å². The highest BCUT2D eigenvalue weighted by molar-refractivity contribution is 5.27. The van der Waals surface area contributed by atoms with Gasteiger partial charge in [-0.2, -0.15) is 9.97 Å². The van der Waals surface area contributed by atoms with Gasteiger partial charge in [0.1, 0.15) is 0 Å². The molecule has 1 aromatic rings. The number of nitrogens with two attached hydrogens (primary N) is 1. The molecule has 1 rings (SSSR count). The van der Waals surface area contributed by atoms with Crippen LogP contribution in [0.2, 0.25) is 0 Å². The van der Waals surface area contributed by atoms with E-state index < -0.39 is 0 Å². The molecule has 1 heterocycles. The molecular formula is C9H17N5O3. The van der Waals surface area contributed by atoms with Crippen molar-refractivity contribution in [2.75, 3.05) is 45.8 Å². The third kappa shape index (κ3) is 4.79. The van der Waals surface area contributed by atoms with Crippen molar-refractivity contribution in [3.05, 3.63) is 0 Å². The van der Waals surface area contributed by atoms with Crippen LogP contribution in [0.5, 0.6) is 12.0 Å². The number of hydrogen-bond acceptors (Lipinski definition) is 8. The maximum atomic E-state index is 5.29. The van der Waals surface area contributed by atoms with Gasteiger partial charge in [-0.05, 0) is 0 Å². The smallest absolute Gasteiger partial charge is 0.324 e. The van der Waals surface area contributed by atoms with Crippen molar-refractivity contribution >= 4 is 5.95 Å². The molecule has 96 valence electrons. The number of anilines is 1. The van der Waals surface area contributed by atoms with Gasteiger partial charge in [0.05, 0.1) is 27.4 Å². The van der Waals surface area contributed by atoms with Gasteiger partial charge in [-0.15, -0.1) is 4.98 Å². The number of aromatic nitrogens is 3. The van der Waals surface area contributed by atoms with Crippen molar-refractivity contribution in [3.63, 3.8) is 0 Å². The van der Waals surface area contributed by atoms with Crippen molar-refractivity contribution < 1.29 is 14.2 Å². The van der Waals surface area contributed by atoms with Gasteiger partial charge in [0.2, 0.25) is 5.95 Å². The van der Waals surface area contributed by atoms with Gasteiger partial charge in [-0.1, -0.05) is 0 Å². The van der Waals surface area contributed by atoms with E-state index in [1.165, 1.54) is 14.2 Å². The van der Waals surface area contributed by atoms with E-state index >= 15 is 0 Å². The van der Waals surface area contributed by atoms with Crippen LogP contribution in [-0.2, 0) is 4.74 Å². The van der Waals surface area contributed by atoms with E-state index in [1.807, 2.05) is 0 Å². The van der Waals surface area contributed by atoms with Crippen LogP contribution in [0.15, 0.2) is 0 Å². The first-order chi connectivity index (χ1) is 8.30. The molecule has 0 amide bonds. The number of nitrogens with one attached hydrogen (secondary N) is 1. The molecule has 8 nitrogen and oxygen atoms in total. The molecular weight excluding hydrogens is 226 g/mol. The summed E-state index contributed by atoms with van der Waals surface area (Å²) < 4.78 is 15.0. The Labute approximate surface area is 99.5 Å². The van der Waals surface area contributed by atoms with E-state index in [2.05, 4.69) is 20.3 Å². The first-order valence-corrected chi connectivity index (χ1v) is 5.16. The third-order valence-electron chi connectivity index (χ3n) is 1.75. The predicted octanol–water partition coefficient (Wildman–Crippen LogP) is -0.724. The molecule has 3 N–H and O–H groups in total. The quantitative estimate of drug-likeness (QED) is 0.576. The molecule has 0 atom stereocenters. The Morgan fingerprint density at radius 3 is 2.24 bits per heavy atom. The molecule has 0 fully saturated rings. The second-order valence-electron chi connectivity index (χ2n) is 2.96. The normalized spacial score (nSPS) is 10.1. The molecule has 0 aliphatic heterocycles. The van der Waals surface area contributed by atoms with Crippen LogP contribution >= 0.6 is 0 Å². The van der Waals surface area contributed by atoms with Crippen LogP contribution in [0, 0.1) is 0 Å². The summed E-state index contributed by atoms with van der Waals surface area (Å²) >= 11 is 0. The number of methoxy groups -OCH3 is 2. The minimum absolute atomic E-state index is 0.197. The molecule has 0 saturated heterocycles. The Morgan fingerprint density at radius 1 is 1.06 bits per heavy atom. The first kappa shape index (κ1) is 13.4. The number of rotatable bonds is 8. The zero-order chi connectivity index (χ0) is 12.5. The predicted molar refractivity (Wildman–Crippen MR) is 61.3 cm³/mol. The van der Waals surface area contributed by atoms with Gasteiger partial charge in [-0.25, -0.2) is 0 Å². The van der Waals surface area contributed by atoms with E-state index in [-0.39, 0.29) is 12.0 Å². The lowest BCUT2D eigenvalue weighted by molar-refractivity contribution is 0.151. The average molecular weight is 243 g/mol. The fourth-order valence-electron chi connectivity index (χ4n) is 1.02. The Kier molecular flexibility index (Phi) is 5.97. The molecule has 0 unspecified atom stereocenters. The summed E-state index contributed by atoms with van der Waals surface area (Å²) in [5.41, 5.74) is 5.29. The van der Waals surface area contributed by atoms with Gasteiger partial charge in [0, 0.05) is 13.1 Å². The van der Waals surface area contributed by atoms with Crippen LogP contribution in [0.25, 0.3) is 0 Å². The monoisotopic (exact) mass is 243 g/mol. The molecule has 0 bridgehead atoms. The van der Waals surface area contributed by atoms with Gasteiger partial charge in [0.15, 0.2) is 0 Å². The van der Waals surface area contributed by atoms with E-state index in [0.29, 0.717) is 32.3 Å². The van der Waals surface area contributed by atoms with Crippen LogP contribution < -0.4 is 20.5 Å². The summed E-state index contributed by atoms with van der Waals surface area (Å²) in [6.45, 7) is 2.13. The zero-order valence-electron chi connectivity index (χ0n) is 9.97. The lowest BCUT2D eigenvalue weighted by Gasteiger charge is -2.07. The minimum Gasteiger partial charge on any atom is -0.467 e. The maximum Gasteiger partial charge on any atom is 0.324 e. The highest BCUT2D eigenvalue weighted by atomic mass is 16.5. The summed E-state index contributed by atoms with van der Waals surface area (Å²) in [5, 5.41) is 2.96. The van der Waals surface area contributed by atoms with Crippen LogP contribution in [0.1, 0.15) is 0 Å². The van der Waals surface area contributed by atoms with Crippen molar-refractivity contribution in [1.82, 2.24) is 15.0 Å². The summed E-state index contributed by atoms with van der Waals surface area (Å²) in [5.74, 6) is 0.380. The Hall–Kier alpha value is -1.67. The molecule has 1 aromatic heterocycles. The van der Waals surface area contributed by atoms with Crippen molar-refractivity contribution in [3.8, 4) is 12.0 Å². The highest BCUT2D eigenvalue weighted by Gasteiger charge is 2.05. The maximum absolute atomic E-state index is 5.29. The van der Waals surface area contributed by atoms with Crippen LogP contribution in [-0.4, -0.2) is 55.5 Å². The summed E-state index contributed by atoms with van der Waals surface area (Å²) in [6, 6.07) is 0.393. The largest absolute Gasteiger partial charge is 0.467 e. The van der Waals surface area contributed by atoms with Crippen molar-refractivity contribution in [2.45, 2.75) is 0 Å². The summed E-state index contributed by atoms with van der Waals surface area (Å²) in [6.07, 6.45) is 0. The Morgan fingerprint density at radius 2 is 1.71 bits per heavy atom. The molecule has 0 radical (unpaired) electrons. The van der Waals surface area contributed by atoms with Crippen LogP contribution in [0.4, 0.5) is 5.95 Å². The van der Waals surface area contributed by atoms with E-state index in [1.54, 1.807) is 0 Å². The van der Waals surface area contributed by atoms with Crippen molar-refractivity contribution in [1.29, 1.82) is 0 Å². The second kappa shape index (κ2) is 7.58. The molecule has 0 saturated carbocycles. The summed E-state index contributed by atoms with van der Waals surface area (Å²) in [4.78, 5) is 11.9. The fraction of sp³-hybridized carbons (Fsp3) is 0.667. The van der Waals surface area contributed by atoms with Gasteiger partial charge >= 0.3 is 12.0 Å². The first-order valence-electron chi connectivity index (χ1n) is 5.16. The van der Waals surface area contributed by atoms with E-state index in [9.17, 15) is 0 Å². The van der Waals surface area contributed by atoms with Gasteiger partial charge < -0.3 is 25.3 Å².